The first-order valence-electron chi connectivity index (χ1n) is 5.18. The first-order chi connectivity index (χ1) is 6.31. The highest BCUT2D eigenvalue weighted by atomic mass is 14.2. The van der Waals surface area contributed by atoms with Crippen molar-refractivity contribution < 1.29 is 0 Å². The van der Waals surface area contributed by atoms with Crippen molar-refractivity contribution in [1.82, 2.24) is 0 Å². The second-order valence-corrected chi connectivity index (χ2v) is 3.65. The Bertz CT molecular complexity index is 260. The summed E-state index contributed by atoms with van der Waals surface area (Å²) in [5, 5.41) is 0. The number of hydrogen-bond donors (Lipinski definition) is 0. The lowest BCUT2D eigenvalue weighted by atomic mass is 9.90. The molecule has 0 amide bonds. The molecule has 0 aromatic carbocycles. The smallest absolute Gasteiger partial charge is 0.00582 e. The van der Waals surface area contributed by atoms with Gasteiger partial charge in [0.05, 0.1) is 0 Å². The Morgan fingerprint density at radius 3 is 2.69 bits per heavy atom. The van der Waals surface area contributed by atoms with Gasteiger partial charge in [0.15, 0.2) is 0 Å². The zero-order chi connectivity index (χ0) is 9.68. The van der Waals surface area contributed by atoms with E-state index in [1.165, 1.54) is 24.8 Å². The molecule has 1 aliphatic carbocycles. The molecule has 0 aromatic heterocycles. The van der Waals surface area contributed by atoms with E-state index in [0.717, 1.165) is 17.9 Å². The molecule has 0 saturated heterocycles. The fourth-order valence-electron chi connectivity index (χ4n) is 1.93. The van der Waals surface area contributed by atoms with Gasteiger partial charge in [-0.1, -0.05) is 43.9 Å². The summed E-state index contributed by atoms with van der Waals surface area (Å²) in [5.41, 5.74) is 2.68. The Morgan fingerprint density at radius 2 is 2.23 bits per heavy atom. The lowest BCUT2D eigenvalue weighted by molar-refractivity contribution is 0.527. The van der Waals surface area contributed by atoms with Gasteiger partial charge < -0.3 is 0 Å². The monoisotopic (exact) mass is 174 g/mol. The summed E-state index contributed by atoms with van der Waals surface area (Å²) in [6, 6.07) is 0. The van der Waals surface area contributed by atoms with Gasteiger partial charge in [0.2, 0.25) is 0 Å². The van der Waals surface area contributed by atoms with Gasteiger partial charge in [-0.25, -0.2) is 0 Å². The number of hydrogen-bond acceptors (Lipinski definition) is 0. The number of terminal acetylenes is 1. The van der Waals surface area contributed by atoms with Crippen LogP contribution in [0.25, 0.3) is 0 Å². The minimum Gasteiger partial charge on any atom is -0.115 e. The Morgan fingerprint density at radius 1 is 1.46 bits per heavy atom. The van der Waals surface area contributed by atoms with Crippen molar-refractivity contribution >= 4 is 0 Å². The van der Waals surface area contributed by atoms with Gasteiger partial charge in [-0.3, -0.25) is 0 Å². The summed E-state index contributed by atoms with van der Waals surface area (Å²) in [6.45, 7) is 4.50. The van der Waals surface area contributed by atoms with Crippen molar-refractivity contribution in [3.8, 4) is 12.3 Å². The summed E-state index contributed by atoms with van der Waals surface area (Å²) in [7, 11) is 0. The summed E-state index contributed by atoms with van der Waals surface area (Å²) < 4.78 is 0. The minimum absolute atomic E-state index is 0.757. The summed E-state index contributed by atoms with van der Waals surface area (Å²) in [4.78, 5) is 0. The molecule has 70 valence electrons. The zero-order valence-corrected chi connectivity index (χ0v) is 8.64. The van der Waals surface area contributed by atoms with Crippen LogP contribution in [-0.2, 0) is 0 Å². The van der Waals surface area contributed by atoms with Crippen molar-refractivity contribution in [1.29, 1.82) is 0 Å². The van der Waals surface area contributed by atoms with Crippen LogP contribution < -0.4 is 0 Å². The third-order valence-corrected chi connectivity index (χ3v) is 2.73. The van der Waals surface area contributed by atoms with Gasteiger partial charge >= 0.3 is 0 Å². The van der Waals surface area contributed by atoms with E-state index in [-0.39, 0.29) is 0 Å². The molecule has 0 heterocycles. The summed E-state index contributed by atoms with van der Waals surface area (Å²) in [6.07, 6.45) is 14.5. The van der Waals surface area contributed by atoms with Crippen molar-refractivity contribution in [3.05, 3.63) is 23.3 Å². The first-order valence-corrected chi connectivity index (χ1v) is 5.18. The average Bonchev–Trinajstić information content (AvgIpc) is 2.62. The quantitative estimate of drug-likeness (QED) is 0.570. The summed E-state index contributed by atoms with van der Waals surface area (Å²) in [5.74, 6) is 3.48. The molecule has 13 heavy (non-hydrogen) atoms. The van der Waals surface area contributed by atoms with E-state index in [1.807, 2.05) is 0 Å². The molecular weight excluding hydrogens is 156 g/mol. The molecule has 0 radical (unpaired) electrons. The molecule has 0 aromatic rings. The second-order valence-electron chi connectivity index (χ2n) is 3.65. The maximum absolute atomic E-state index is 5.36. The van der Waals surface area contributed by atoms with Crippen molar-refractivity contribution in [3.63, 3.8) is 0 Å². The van der Waals surface area contributed by atoms with Crippen LogP contribution in [0.2, 0.25) is 0 Å². The van der Waals surface area contributed by atoms with Crippen LogP contribution in [0.3, 0.4) is 0 Å². The van der Waals surface area contributed by atoms with Crippen LogP contribution in [0, 0.1) is 18.3 Å². The van der Waals surface area contributed by atoms with E-state index in [0.29, 0.717) is 0 Å². The predicted octanol–water partition coefficient (Wildman–Crippen LogP) is 3.70. The van der Waals surface area contributed by atoms with Gasteiger partial charge in [0.25, 0.3) is 0 Å². The highest BCUT2D eigenvalue weighted by molar-refractivity contribution is 5.41. The van der Waals surface area contributed by atoms with E-state index in [1.54, 1.807) is 0 Å². The van der Waals surface area contributed by atoms with E-state index in [9.17, 15) is 0 Å². The van der Waals surface area contributed by atoms with Gasteiger partial charge in [0.1, 0.15) is 0 Å². The van der Waals surface area contributed by atoms with Gasteiger partial charge in [0, 0.05) is 12.0 Å². The van der Waals surface area contributed by atoms with Crippen molar-refractivity contribution in [2.75, 3.05) is 0 Å². The fraction of sp³-hybridized carbons (Fsp3) is 0.538. The maximum atomic E-state index is 5.36. The molecule has 0 spiro atoms. The van der Waals surface area contributed by atoms with E-state index < -0.39 is 0 Å². The molecule has 0 N–H and O–H groups in total. The molecule has 0 fully saturated rings. The fourth-order valence-corrected chi connectivity index (χ4v) is 1.93. The number of rotatable bonds is 4. The van der Waals surface area contributed by atoms with Crippen LogP contribution in [0.5, 0.6) is 0 Å². The molecule has 0 heteroatoms. The van der Waals surface area contributed by atoms with Gasteiger partial charge in [-0.2, -0.15) is 0 Å². The first kappa shape index (κ1) is 10.1. The summed E-state index contributed by atoms with van der Waals surface area (Å²) >= 11 is 0. The van der Waals surface area contributed by atoms with E-state index in [2.05, 4.69) is 31.9 Å². The van der Waals surface area contributed by atoms with Gasteiger partial charge in [-0.15, -0.1) is 6.42 Å². The molecule has 0 saturated carbocycles. The standard InChI is InChI=1S/C13H18/c1-4-7-12(6-3)13-9-8-11(5-2)10-13/h2,8-9,12H,4,6-7,10H2,1,3H3. The average molecular weight is 174 g/mol. The highest BCUT2D eigenvalue weighted by Gasteiger charge is 2.14. The predicted molar refractivity (Wildman–Crippen MR) is 58.3 cm³/mol. The third-order valence-electron chi connectivity index (χ3n) is 2.73. The Hall–Kier alpha value is -0.960. The largest absolute Gasteiger partial charge is 0.115 e. The highest BCUT2D eigenvalue weighted by Crippen LogP contribution is 2.30. The lowest BCUT2D eigenvalue weighted by Crippen LogP contribution is -2.01. The van der Waals surface area contributed by atoms with E-state index in [4.69, 9.17) is 6.42 Å². The molecule has 0 nitrogen and oxygen atoms in total. The molecular formula is C13H18. The second kappa shape index (κ2) is 4.92. The number of allylic oxidation sites excluding steroid dienone is 4. The Labute approximate surface area is 81.7 Å². The molecule has 1 aliphatic rings. The van der Waals surface area contributed by atoms with Gasteiger partial charge in [-0.05, 0) is 18.8 Å². The molecule has 1 unspecified atom stereocenters. The Balaban J connectivity index is 2.52. The molecule has 0 aliphatic heterocycles. The topological polar surface area (TPSA) is 0 Å². The molecule has 1 rings (SSSR count). The molecule has 0 bridgehead atoms. The van der Waals surface area contributed by atoms with Crippen LogP contribution in [0.4, 0.5) is 0 Å². The van der Waals surface area contributed by atoms with Crippen LogP contribution in [0.15, 0.2) is 23.3 Å². The zero-order valence-electron chi connectivity index (χ0n) is 8.64. The van der Waals surface area contributed by atoms with Crippen molar-refractivity contribution in [2.24, 2.45) is 5.92 Å². The Kier molecular flexibility index (Phi) is 3.83. The minimum atomic E-state index is 0.757. The normalized spacial score (nSPS) is 17.6. The van der Waals surface area contributed by atoms with Crippen LogP contribution in [0.1, 0.15) is 39.5 Å². The van der Waals surface area contributed by atoms with Crippen molar-refractivity contribution in [2.45, 2.75) is 39.5 Å². The van der Waals surface area contributed by atoms with Crippen LogP contribution in [-0.4, -0.2) is 0 Å². The third kappa shape index (κ3) is 2.49. The maximum Gasteiger partial charge on any atom is 0.00582 e. The lowest BCUT2D eigenvalue weighted by Gasteiger charge is -2.15. The van der Waals surface area contributed by atoms with Crippen LogP contribution >= 0.6 is 0 Å². The van der Waals surface area contributed by atoms with E-state index >= 15 is 0 Å². The molecule has 1 atom stereocenters. The SMILES string of the molecule is C#CC1=CC=C(C(CC)CCC)C1.